The van der Waals surface area contributed by atoms with E-state index < -0.39 is 29.6 Å². The topological polar surface area (TPSA) is 69.7 Å². The summed E-state index contributed by atoms with van der Waals surface area (Å²) in [7, 11) is 2.28. The molecule has 0 heterocycles. The molecule has 0 aromatic heterocycles. The van der Waals surface area contributed by atoms with Crippen molar-refractivity contribution in [3.8, 4) is 0 Å². The van der Waals surface area contributed by atoms with Crippen LogP contribution in [0.5, 0.6) is 0 Å². The van der Waals surface area contributed by atoms with Crippen LogP contribution in [0.1, 0.15) is 17.9 Å². The number of ether oxygens (including phenoxy) is 2. The number of carbonyl (C=O) groups excluding carboxylic acids is 3. The lowest BCUT2D eigenvalue weighted by atomic mass is 9.84. The summed E-state index contributed by atoms with van der Waals surface area (Å²) in [6, 6.07) is 5.22. The lowest BCUT2D eigenvalue weighted by Gasteiger charge is -2.22. The van der Waals surface area contributed by atoms with Gasteiger partial charge in [-0.2, -0.15) is 0 Å². The normalized spacial score (nSPS) is 11.8. The molecule has 0 aliphatic rings. The monoisotopic (exact) mass is 282 g/mol. The molecule has 6 heteroatoms. The molecule has 1 aromatic carbocycles. The van der Waals surface area contributed by atoms with E-state index in [4.69, 9.17) is 0 Å². The van der Waals surface area contributed by atoms with Crippen molar-refractivity contribution in [1.82, 2.24) is 0 Å². The van der Waals surface area contributed by atoms with Crippen LogP contribution in [0.3, 0.4) is 0 Å². The van der Waals surface area contributed by atoms with Gasteiger partial charge in [0.1, 0.15) is 12.1 Å². The highest BCUT2D eigenvalue weighted by Crippen LogP contribution is 2.29. The van der Waals surface area contributed by atoms with E-state index in [1.807, 2.05) is 0 Å². The number of halogens is 1. The summed E-state index contributed by atoms with van der Waals surface area (Å²) in [6.07, 6.45) is 0.507. The Hall–Kier alpha value is -2.24. The van der Waals surface area contributed by atoms with Gasteiger partial charge in [-0.25, -0.2) is 4.39 Å². The van der Waals surface area contributed by atoms with E-state index in [0.717, 1.165) is 14.2 Å². The summed E-state index contributed by atoms with van der Waals surface area (Å²) in [5.41, 5.74) is 0.485. The van der Waals surface area contributed by atoms with Gasteiger partial charge in [0.15, 0.2) is 5.92 Å². The number of benzene rings is 1. The second-order valence-corrected chi connectivity index (χ2v) is 4.08. The first-order valence-electron chi connectivity index (χ1n) is 5.89. The summed E-state index contributed by atoms with van der Waals surface area (Å²) in [5.74, 6) is -4.07. The molecule has 0 saturated carbocycles. The zero-order chi connectivity index (χ0) is 15.1. The zero-order valence-electron chi connectivity index (χ0n) is 11.2. The Kier molecular flexibility index (Phi) is 5.83. The summed E-state index contributed by atoms with van der Waals surface area (Å²) in [5, 5.41) is 0. The van der Waals surface area contributed by atoms with Crippen molar-refractivity contribution in [2.24, 2.45) is 5.92 Å². The van der Waals surface area contributed by atoms with Gasteiger partial charge in [-0.15, -0.1) is 0 Å². The van der Waals surface area contributed by atoms with Crippen LogP contribution in [0.2, 0.25) is 0 Å². The number of rotatable bonds is 6. The fraction of sp³-hybridized carbons (Fsp3) is 0.357. The van der Waals surface area contributed by atoms with E-state index in [1.54, 1.807) is 0 Å². The average molecular weight is 282 g/mol. The van der Waals surface area contributed by atoms with Gasteiger partial charge in [-0.1, -0.05) is 12.1 Å². The van der Waals surface area contributed by atoms with Crippen LogP contribution in [0.15, 0.2) is 24.3 Å². The van der Waals surface area contributed by atoms with Crippen LogP contribution in [0, 0.1) is 11.7 Å². The highest BCUT2D eigenvalue weighted by Gasteiger charge is 2.37. The van der Waals surface area contributed by atoms with E-state index in [1.165, 1.54) is 24.3 Å². The number of hydrogen-bond donors (Lipinski definition) is 0. The lowest BCUT2D eigenvalue weighted by Crippen LogP contribution is -2.32. The van der Waals surface area contributed by atoms with Gasteiger partial charge in [0.25, 0.3) is 0 Å². The zero-order valence-corrected chi connectivity index (χ0v) is 11.2. The molecule has 0 amide bonds. The molecule has 0 saturated heterocycles. The third-order valence-electron chi connectivity index (χ3n) is 2.96. The predicted octanol–water partition coefficient (Wildman–Crippen LogP) is 1.46. The first kappa shape index (κ1) is 15.8. The van der Waals surface area contributed by atoms with Gasteiger partial charge in [0.05, 0.1) is 14.2 Å². The molecule has 0 fully saturated rings. The predicted molar refractivity (Wildman–Crippen MR) is 67.3 cm³/mol. The number of esters is 2. The highest BCUT2D eigenvalue weighted by atomic mass is 19.1. The Morgan fingerprint density at radius 2 is 1.65 bits per heavy atom. The molecule has 0 N–H and O–H groups in total. The van der Waals surface area contributed by atoms with Crippen LogP contribution in [-0.4, -0.2) is 32.4 Å². The van der Waals surface area contributed by atoms with Crippen molar-refractivity contribution in [3.05, 3.63) is 35.6 Å². The van der Waals surface area contributed by atoms with Crippen LogP contribution < -0.4 is 0 Å². The molecule has 1 aromatic rings. The van der Waals surface area contributed by atoms with E-state index in [-0.39, 0.29) is 6.42 Å². The Labute approximate surface area is 115 Å². The molecule has 5 nitrogen and oxygen atoms in total. The quantitative estimate of drug-likeness (QED) is 0.449. The molecular formula is C14H15FO5. The van der Waals surface area contributed by atoms with E-state index in [2.05, 4.69) is 9.47 Å². The Morgan fingerprint density at radius 3 is 2.05 bits per heavy atom. The van der Waals surface area contributed by atoms with Crippen molar-refractivity contribution in [3.63, 3.8) is 0 Å². The minimum absolute atomic E-state index is 0.0828. The van der Waals surface area contributed by atoms with Crippen molar-refractivity contribution in [2.75, 3.05) is 14.2 Å². The summed E-state index contributed by atoms with van der Waals surface area (Å²) in [6.45, 7) is 0. The molecule has 0 aliphatic carbocycles. The minimum atomic E-state index is -1.26. The van der Waals surface area contributed by atoms with Crippen molar-refractivity contribution >= 4 is 18.2 Å². The second kappa shape index (κ2) is 7.37. The molecular weight excluding hydrogens is 267 g/mol. The molecule has 1 rings (SSSR count). The standard InChI is InChI=1S/C14H15FO5/c1-19-13(17)12(14(18)20-2)11(7-8-16)9-3-5-10(15)6-4-9/h3-6,8,11-12H,7H2,1-2H3/t11-/m0/s1. The van der Waals surface area contributed by atoms with Gasteiger partial charge in [-0.05, 0) is 17.7 Å². The van der Waals surface area contributed by atoms with Gasteiger partial charge in [-0.3, -0.25) is 9.59 Å². The first-order chi connectivity index (χ1) is 9.54. The third-order valence-corrected chi connectivity index (χ3v) is 2.96. The van der Waals surface area contributed by atoms with Crippen molar-refractivity contribution in [2.45, 2.75) is 12.3 Å². The maximum absolute atomic E-state index is 12.9. The SMILES string of the molecule is COC(=O)C(C(=O)OC)[C@@H](CC=O)c1ccc(F)cc1. The average Bonchev–Trinajstić information content (AvgIpc) is 2.47. The molecule has 0 unspecified atom stereocenters. The smallest absolute Gasteiger partial charge is 0.320 e. The largest absolute Gasteiger partial charge is 0.468 e. The molecule has 0 aliphatic heterocycles. The molecule has 0 bridgehead atoms. The van der Waals surface area contributed by atoms with Gasteiger partial charge >= 0.3 is 11.9 Å². The first-order valence-corrected chi connectivity index (χ1v) is 5.89. The van der Waals surface area contributed by atoms with E-state index in [9.17, 15) is 18.8 Å². The van der Waals surface area contributed by atoms with Crippen LogP contribution in [0.4, 0.5) is 4.39 Å². The van der Waals surface area contributed by atoms with Gasteiger partial charge in [0, 0.05) is 12.3 Å². The van der Waals surface area contributed by atoms with E-state index >= 15 is 0 Å². The summed E-state index contributed by atoms with van der Waals surface area (Å²) < 4.78 is 22.1. The maximum Gasteiger partial charge on any atom is 0.320 e. The fourth-order valence-electron chi connectivity index (χ4n) is 1.96. The molecule has 108 valence electrons. The number of aldehydes is 1. The molecule has 1 atom stereocenters. The molecule has 20 heavy (non-hydrogen) atoms. The summed E-state index contributed by atoms with van der Waals surface area (Å²) in [4.78, 5) is 34.3. The van der Waals surface area contributed by atoms with Gasteiger partial charge in [0.2, 0.25) is 0 Å². The number of hydrogen-bond acceptors (Lipinski definition) is 5. The molecule has 0 spiro atoms. The minimum Gasteiger partial charge on any atom is -0.468 e. The van der Waals surface area contributed by atoms with Crippen molar-refractivity contribution < 1.29 is 28.2 Å². The fourth-order valence-corrected chi connectivity index (χ4v) is 1.96. The Morgan fingerprint density at radius 1 is 1.15 bits per heavy atom. The summed E-state index contributed by atoms with van der Waals surface area (Å²) >= 11 is 0. The van der Waals surface area contributed by atoms with Crippen LogP contribution in [-0.2, 0) is 23.9 Å². The van der Waals surface area contributed by atoms with E-state index in [0.29, 0.717) is 11.8 Å². The number of carbonyl (C=O) groups is 3. The Balaban J connectivity index is 3.19. The van der Waals surface area contributed by atoms with Gasteiger partial charge < -0.3 is 14.3 Å². The van der Waals surface area contributed by atoms with Crippen molar-refractivity contribution in [1.29, 1.82) is 0 Å². The Bertz CT molecular complexity index is 467. The molecule has 0 radical (unpaired) electrons. The number of methoxy groups -OCH3 is 2. The highest BCUT2D eigenvalue weighted by molar-refractivity contribution is 5.96. The third kappa shape index (κ3) is 3.63. The lowest BCUT2D eigenvalue weighted by molar-refractivity contribution is -0.160. The second-order valence-electron chi connectivity index (χ2n) is 4.08. The van der Waals surface area contributed by atoms with Crippen LogP contribution in [0.25, 0.3) is 0 Å². The van der Waals surface area contributed by atoms with Crippen LogP contribution >= 0.6 is 0 Å². The maximum atomic E-state index is 12.9.